The molecule has 6 heteroatoms. The minimum atomic E-state index is 0.0587. The fourth-order valence-corrected chi connectivity index (χ4v) is 4.74. The minimum Gasteiger partial charge on any atom is -0.353 e. The van der Waals surface area contributed by atoms with Crippen molar-refractivity contribution in [2.24, 2.45) is 5.92 Å². The highest BCUT2D eigenvalue weighted by Crippen LogP contribution is 2.22. The van der Waals surface area contributed by atoms with Gasteiger partial charge in [-0.3, -0.25) is 9.69 Å². The molecule has 1 saturated carbocycles. The van der Waals surface area contributed by atoms with Gasteiger partial charge in [0.05, 0.1) is 12.5 Å². The highest BCUT2D eigenvalue weighted by atomic mass is 16.5. The van der Waals surface area contributed by atoms with Gasteiger partial charge < -0.3 is 9.84 Å². The summed E-state index contributed by atoms with van der Waals surface area (Å²) in [7, 11) is 0. The van der Waals surface area contributed by atoms with Gasteiger partial charge in [-0.2, -0.15) is 4.98 Å². The molecule has 1 aliphatic heterocycles. The molecule has 2 aromatic rings. The molecule has 0 bridgehead atoms. The number of likely N-dealkylation sites (tertiary alicyclic amines) is 1. The van der Waals surface area contributed by atoms with Crippen molar-refractivity contribution < 1.29 is 9.32 Å². The highest BCUT2D eigenvalue weighted by molar-refractivity contribution is 5.79. The smallest absolute Gasteiger partial charge is 0.241 e. The van der Waals surface area contributed by atoms with Crippen LogP contribution in [0.25, 0.3) is 11.4 Å². The second-order valence-electron chi connectivity index (χ2n) is 9.01. The fourth-order valence-electron chi connectivity index (χ4n) is 4.74. The average molecular weight is 411 g/mol. The first-order chi connectivity index (χ1) is 14.7. The van der Waals surface area contributed by atoms with Crippen LogP contribution in [0.15, 0.2) is 28.8 Å². The molecule has 1 aromatic carbocycles. The monoisotopic (exact) mass is 410 g/mol. The molecular weight excluding hydrogens is 376 g/mol. The van der Waals surface area contributed by atoms with Crippen LogP contribution in [0.1, 0.15) is 69.2 Å². The van der Waals surface area contributed by atoms with Crippen molar-refractivity contribution in [1.82, 2.24) is 20.4 Å². The molecule has 30 heavy (non-hydrogen) atoms. The number of piperidine rings is 1. The van der Waals surface area contributed by atoms with Crippen LogP contribution >= 0.6 is 0 Å². The van der Waals surface area contributed by atoms with Crippen molar-refractivity contribution in [3.8, 4) is 11.4 Å². The molecule has 2 heterocycles. The minimum absolute atomic E-state index is 0.0587. The molecule has 1 saturated heterocycles. The molecule has 4 rings (SSSR count). The zero-order valence-corrected chi connectivity index (χ0v) is 18.1. The van der Waals surface area contributed by atoms with Crippen LogP contribution in [-0.2, 0) is 11.3 Å². The first kappa shape index (κ1) is 21.0. The number of carbonyl (C=O) groups excluding carboxylic acids is 1. The van der Waals surface area contributed by atoms with Crippen molar-refractivity contribution in [3.63, 3.8) is 0 Å². The second-order valence-corrected chi connectivity index (χ2v) is 9.01. The first-order valence-corrected chi connectivity index (χ1v) is 11.6. The number of nitrogens with one attached hydrogen (secondary N) is 1. The van der Waals surface area contributed by atoms with Crippen molar-refractivity contribution in [2.75, 3.05) is 13.1 Å². The lowest BCUT2D eigenvalue weighted by molar-refractivity contribution is -0.127. The SMILES string of the molecule is Cc1cccc(-c2noc(CN3CCCC(C(=O)NC4CCCCCCC4)C3)n2)c1. The van der Waals surface area contributed by atoms with Crippen LogP contribution in [0.3, 0.4) is 0 Å². The molecule has 1 N–H and O–H groups in total. The van der Waals surface area contributed by atoms with Crippen LogP contribution in [0.5, 0.6) is 0 Å². The number of hydrogen-bond donors (Lipinski definition) is 1. The van der Waals surface area contributed by atoms with Gasteiger partial charge in [-0.15, -0.1) is 0 Å². The summed E-state index contributed by atoms with van der Waals surface area (Å²) in [6.07, 6.45) is 10.7. The van der Waals surface area contributed by atoms with Gasteiger partial charge in [0.25, 0.3) is 0 Å². The fraction of sp³-hybridized carbons (Fsp3) is 0.625. The van der Waals surface area contributed by atoms with Crippen molar-refractivity contribution in [1.29, 1.82) is 0 Å². The standard InChI is InChI=1S/C24H34N4O2/c1-18-9-7-10-19(15-18)23-26-22(30-27-23)17-28-14-8-11-20(16-28)24(29)25-21-12-5-3-2-4-6-13-21/h7,9-10,15,20-21H,2-6,8,11-14,16-17H2,1H3,(H,25,29). The zero-order valence-electron chi connectivity index (χ0n) is 18.1. The molecule has 1 aliphatic carbocycles. The van der Waals surface area contributed by atoms with Crippen LogP contribution in [0, 0.1) is 12.8 Å². The summed E-state index contributed by atoms with van der Waals surface area (Å²) in [5, 5.41) is 7.50. The molecule has 0 radical (unpaired) electrons. The van der Waals surface area contributed by atoms with Gasteiger partial charge in [-0.1, -0.05) is 61.0 Å². The normalized spacial score (nSPS) is 21.7. The van der Waals surface area contributed by atoms with Gasteiger partial charge in [-0.25, -0.2) is 0 Å². The quantitative estimate of drug-likeness (QED) is 0.786. The number of hydrogen-bond acceptors (Lipinski definition) is 5. The van der Waals surface area contributed by atoms with E-state index in [0.717, 1.165) is 44.3 Å². The van der Waals surface area contributed by atoms with Gasteiger partial charge >= 0.3 is 0 Å². The van der Waals surface area contributed by atoms with Gasteiger partial charge in [0.2, 0.25) is 17.6 Å². The predicted octanol–water partition coefficient (Wildman–Crippen LogP) is 4.49. The predicted molar refractivity (Wildman–Crippen MR) is 117 cm³/mol. The van der Waals surface area contributed by atoms with Crippen LogP contribution in [-0.4, -0.2) is 40.1 Å². The molecule has 1 atom stereocenters. The zero-order chi connectivity index (χ0) is 20.8. The molecule has 162 valence electrons. The summed E-state index contributed by atoms with van der Waals surface area (Å²) in [6.45, 7) is 4.39. The molecule has 6 nitrogen and oxygen atoms in total. The Hall–Kier alpha value is -2.21. The average Bonchev–Trinajstić information content (AvgIpc) is 3.18. The van der Waals surface area contributed by atoms with E-state index < -0.39 is 0 Å². The Kier molecular flexibility index (Phi) is 7.16. The number of nitrogens with zero attached hydrogens (tertiary/aromatic N) is 3. The Morgan fingerprint density at radius 3 is 2.73 bits per heavy atom. The topological polar surface area (TPSA) is 71.3 Å². The molecule has 1 unspecified atom stereocenters. The van der Waals surface area contributed by atoms with Gasteiger partial charge in [0.1, 0.15) is 0 Å². The van der Waals surface area contributed by atoms with Gasteiger partial charge in [0, 0.05) is 18.2 Å². The lowest BCUT2D eigenvalue weighted by Gasteiger charge is -2.32. The summed E-state index contributed by atoms with van der Waals surface area (Å²) in [6, 6.07) is 8.48. The number of benzene rings is 1. The third-order valence-electron chi connectivity index (χ3n) is 6.43. The number of aromatic nitrogens is 2. The van der Waals surface area contributed by atoms with E-state index in [-0.39, 0.29) is 11.8 Å². The largest absolute Gasteiger partial charge is 0.353 e. The van der Waals surface area contributed by atoms with Crippen LogP contribution < -0.4 is 5.32 Å². The molecule has 1 aromatic heterocycles. The molecule has 2 aliphatic rings. The number of amides is 1. The van der Waals surface area contributed by atoms with Gasteiger partial charge in [0.15, 0.2) is 0 Å². The first-order valence-electron chi connectivity index (χ1n) is 11.6. The summed E-state index contributed by atoms with van der Waals surface area (Å²) in [5.41, 5.74) is 2.15. The van der Waals surface area contributed by atoms with Crippen molar-refractivity contribution >= 4 is 5.91 Å². The Labute approximate surface area is 179 Å². The highest BCUT2D eigenvalue weighted by Gasteiger charge is 2.28. The third kappa shape index (κ3) is 5.69. The summed E-state index contributed by atoms with van der Waals surface area (Å²) >= 11 is 0. The lowest BCUT2D eigenvalue weighted by Crippen LogP contribution is -2.45. The van der Waals surface area contributed by atoms with E-state index in [0.29, 0.717) is 24.3 Å². The van der Waals surface area contributed by atoms with E-state index in [1.807, 2.05) is 12.1 Å². The molecule has 0 spiro atoms. The van der Waals surface area contributed by atoms with E-state index >= 15 is 0 Å². The van der Waals surface area contributed by atoms with E-state index in [1.54, 1.807) is 0 Å². The molecular formula is C24H34N4O2. The van der Waals surface area contributed by atoms with Crippen LogP contribution in [0.2, 0.25) is 0 Å². The van der Waals surface area contributed by atoms with E-state index in [4.69, 9.17) is 4.52 Å². The van der Waals surface area contributed by atoms with E-state index in [2.05, 4.69) is 39.4 Å². The molecule has 2 fully saturated rings. The van der Waals surface area contributed by atoms with E-state index in [9.17, 15) is 4.79 Å². The summed E-state index contributed by atoms with van der Waals surface area (Å²) in [4.78, 5) is 19.8. The van der Waals surface area contributed by atoms with Crippen LogP contribution in [0.4, 0.5) is 0 Å². The summed E-state index contributed by atoms with van der Waals surface area (Å²) in [5.74, 6) is 1.54. The van der Waals surface area contributed by atoms with Crippen molar-refractivity contribution in [3.05, 3.63) is 35.7 Å². The Morgan fingerprint density at radius 2 is 1.93 bits per heavy atom. The van der Waals surface area contributed by atoms with Crippen molar-refractivity contribution in [2.45, 2.75) is 77.3 Å². The van der Waals surface area contributed by atoms with E-state index in [1.165, 1.54) is 37.7 Å². The second kappa shape index (κ2) is 10.2. The third-order valence-corrected chi connectivity index (χ3v) is 6.43. The summed E-state index contributed by atoms with van der Waals surface area (Å²) < 4.78 is 5.50. The Bertz CT molecular complexity index is 826. The Morgan fingerprint density at radius 1 is 1.13 bits per heavy atom. The number of aryl methyl sites for hydroxylation is 1. The maximum atomic E-state index is 12.9. The maximum absolute atomic E-state index is 12.9. The maximum Gasteiger partial charge on any atom is 0.241 e. The molecule has 1 amide bonds. The van der Waals surface area contributed by atoms with Gasteiger partial charge in [-0.05, 0) is 45.2 Å². The number of carbonyl (C=O) groups is 1. The lowest BCUT2D eigenvalue weighted by atomic mass is 9.94. The number of rotatable bonds is 5. The Balaban J connectivity index is 1.31.